The molecule has 1 heterocycles. The molecule has 90 valence electrons. The van der Waals surface area contributed by atoms with E-state index in [1.54, 1.807) is 6.92 Å². The highest BCUT2D eigenvalue weighted by molar-refractivity contribution is 5.81. The number of hydrogen-bond donors (Lipinski definition) is 0. The largest absolute Gasteiger partial charge is 0.417 e. The van der Waals surface area contributed by atoms with Gasteiger partial charge in [0.2, 0.25) is 0 Å². The van der Waals surface area contributed by atoms with Crippen molar-refractivity contribution in [2.75, 3.05) is 0 Å². The van der Waals surface area contributed by atoms with E-state index in [9.17, 15) is 18.0 Å². The number of nitrogens with zero attached hydrogens (tertiary/aromatic N) is 2. The Labute approximate surface area is 94.5 Å². The van der Waals surface area contributed by atoms with Crippen LogP contribution in [0.15, 0.2) is 23.0 Å². The van der Waals surface area contributed by atoms with Gasteiger partial charge in [-0.3, -0.25) is 9.36 Å². The molecule has 17 heavy (non-hydrogen) atoms. The van der Waals surface area contributed by atoms with E-state index >= 15 is 0 Å². The number of alkyl halides is 3. The van der Waals surface area contributed by atoms with Gasteiger partial charge >= 0.3 is 6.18 Å². The molecule has 3 nitrogen and oxygen atoms in total. The highest BCUT2D eigenvalue weighted by Gasteiger charge is 2.33. The van der Waals surface area contributed by atoms with E-state index < -0.39 is 17.3 Å². The standard InChI is InChI=1S/C11H9F3N2O/c1-6-15-8-5-3-4-7(11(12,13)14)9(8)10(17)16(6)2/h3-5H,1-2H3. The monoisotopic (exact) mass is 242 g/mol. The second-order valence-corrected chi connectivity index (χ2v) is 3.72. The van der Waals surface area contributed by atoms with Gasteiger partial charge in [-0.05, 0) is 19.1 Å². The number of rotatable bonds is 0. The number of fused-ring (bicyclic) bond motifs is 1. The summed E-state index contributed by atoms with van der Waals surface area (Å²) in [4.78, 5) is 15.8. The average molecular weight is 242 g/mol. The van der Waals surface area contributed by atoms with Crippen LogP contribution in [0.5, 0.6) is 0 Å². The minimum Gasteiger partial charge on any atom is -0.299 e. The van der Waals surface area contributed by atoms with Gasteiger partial charge in [-0.2, -0.15) is 13.2 Å². The van der Waals surface area contributed by atoms with E-state index in [0.29, 0.717) is 5.82 Å². The Morgan fingerprint density at radius 3 is 2.53 bits per heavy atom. The maximum atomic E-state index is 12.8. The molecule has 2 aromatic rings. The van der Waals surface area contributed by atoms with Crippen molar-refractivity contribution in [1.29, 1.82) is 0 Å². The van der Waals surface area contributed by atoms with Crippen LogP contribution >= 0.6 is 0 Å². The van der Waals surface area contributed by atoms with E-state index in [0.717, 1.165) is 10.6 Å². The summed E-state index contributed by atoms with van der Waals surface area (Å²) in [5.74, 6) is 0.377. The first-order chi connectivity index (χ1) is 7.82. The molecule has 0 spiro atoms. The molecule has 2 rings (SSSR count). The predicted molar refractivity (Wildman–Crippen MR) is 56.7 cm³/mol. The molecule has 0 unspecified atom stereocenters. The van der Waals surface area contributed by atoms with E-state index in [4.69, 9.17) is 0 Å². The second kappa shape index (κ2) is 3.58. The zero-order valence-electron chi connectivity index (χ0n) is 9.17. The lowest BCUT2D eigenvalue weighted by Gasteiger charge is -2.11. The van der Waals surface area contributed by atoms with Crippen LogP contribution in [0.4, 0.5) is 13.2 Å². The fourth-order valence-electron chi connectivity index (χ4n) is 1.66. The molecule has 6 heteroatoms. The Morgan fingerprint density at radius 2 is 1.94 bits per heavy atom. The summed E-state index contributed by atoms with van der Waals surface area (Å²) in [6.45, 7) is 1.57. The predicted octanol–water partition coefficient (Wildman–Crippen LogP) is 2.26. The van der Waals surface area contributed by atoms with E-state index in [-0.39, 0.29) is 10.9 Å². The summed E-state index contributed by atoms with van der Waals surface area (Å²) < 4.78 is 39.4. The van der Waals surface area contributed by atoms with Crippen molar-refractivity contribution < 1.29 is 13.2 Å². The van der Waals surface area contributed by atoms with Gasteiger partial charge in [0, 0.05) is 7.05 Å². The normalized spacial score (nSPS) is 12.1. The number of hydrogen-bond acceptors (Lipinski definition) is 2. The number of benzene rings is 1. The van der Waals surface area contributed by atoms with E-state index in [1.165, 1.54) is 19.2 Å². The molecule has 0 radical (unpaired) electrons. The zero-order valence-corrected chi connectivity index (χ0v) is 9.17. The summed E-state index contributed by atoms with van der Waals surface area (Å²) in [7, 11) is 1.40. The van der Waals surface area contributed by atoms with Gasteiger partial charge in [-0.15, -0.1) is 0 Å². The smallest absolute Gasteiger partial charge is 0.299 e. The van der Waals surface area contributed by atoms with Gasteiger partial charge in [0.25, 0.3) is 5.56 Å². The van der Waals surface area contributed by atoms with Gasteiger partial charge in [0.1, 0.15) is 5.82 Å². The van der Waals surface area contributed by atoms with Gasteiger partial charge < -0.3 is 0 Å². The molecule has 1 aromatic heterocycles. The SMILES string of the molecule is Cc1nc2cccc(C(F)(F)F)c2c(=O)n1C. The van der Waals surface area contributed by atoms with Crippen LogP contribution in [-0.4, -0.2) is 9.55 Å². The fraction of sp³-hybridized carbons (Fsp3) is 0.273. The molecule has 0 aliphatic carbocycles. The molecule has 0 atom stereocenters. The number of aryl methyl sites for hydroxylation is 1. The van der Waals surface area contributed by atoms with Crippen LogP contribution in [0.1, 0.15) is 11.4 Å². The van der Waals surface area contributed by atoms with Crippen molar-refractivity contribution in [3.05, 3.63) is 39.9 Å². The molecule has 0 bridgehead atoms. The second-order valence-electron chi connectivity index (χ2n) is 3.72. The van der Waals surface area contributed by atoms with Crippen LogP contribution in [-0.2, 0) is 13.2 Å². The fourth-order valence-corrected chi connectivity index (χ4v) is 1.66. The number of halogens is 3. The Morgan fingerprint density at radius 1 is 1.29 bits per heavy atom. The molecule has 0 aliphatic rings. The molecular formula is C11H9F3N2O. The summed E-state index contributed by atoms with van der Waals surface area (Å²) in [6.07, 6.45) is -4.55. The third kappa shape index (κ3) is 1.79. The quantitative estimate of drug-likeness (QED) is 0.710. The van der Waals surface area contributed by atoms with Crippen LogP contribution < -0.4 is 5.56 Å². The lowest BCUT2D eigenvalue weighted by molar-refractivity contribution is -0.136. The maximum Gasteiger partial charge on any atom is 0.417 e. The Kier molecular flexibility index (Phi) is 2.45. The van der Waals surface area contributed by atoms with Crippen LogP contribution in [0, 0.1) is 6.92 Å². The van der Waals surface area contributed by atoms with Crippen LogP contribution in [0.3, 0.4) is 0 Å². The van der Waals surface area contributed by atoms with Gasteiger partial charge in [-0.25, -0.2) is 4.98 Å². The molecule has 0 aliphatic heterocycles. The third-order valence-electron chi connectivity index (χ3n) is 2.63. The van der Waals surface area contributed by atoms with E-state index in [2.05, 4.69) is 4.98 Å². The van der Waals surface area contributed by atoms with Crippen LogP contribution in [0.25, 0.3) is 10.9 Å². The first-order valence-electron chi connectivity index (χ1n) is 4.86. The minimum atomic E-state index is -4.55. The lowest BCUT2D eigenvalue weighted by Crippen LogP contribution is -2.23. The summed E-state index contributed by atoms with van der Waals surface area (Å²) in [5.41, 5.74) is -1.55. The Hall–Kier alpha value is -1.85. The molecule has 1 aromatic carbocycles. The van der Waals surface area contributed by atoms with Crippen molar-refractivity contribution in [3.63, 3.8) is 0 Å². The van der Waals surface area contributed by atoms with Crippen molar-refractivity contribution in [2.24, 2.45) is 7.05 Å². The average Bonchev–Trinajstić information content (AvgIpc) is 2.24. The first kappa shape index (κ1) is 11.6. The van der Waals surface area contributed by atoms with Crippen molar-refractivity contribution in [2.45, 2.75) is 13.1 Å². The van der Waals surface area contributed by atoms with Crippen LogP contribution in [0.2, 0.25) is 0 Å². The van der Waals surface area contributed by atoms with Crippen molar-refractivity contribution >= 4 is 10.9 Å². The maximum absolute atomic E-state index is 12.8. The molecule has 0 fully saturated rings. The highest BCUT2D eigenvalue weighted by Crippen LogP contribution is 2.32. The third-order valence-corrected chi connectivity index (χ3v) is 2.63. The molecule has 0 N–H and O–H groups in total. The van der Waals surface area contributed by atoms with Crippen molar-refractivity contribution in [3.8, 4) is 0 Å². The molecule has 0 saturated carbocycles. The molecular weight excluding hydrogens is 233 g/mol. The Balaban J connectivity index is 3.00. The zero-order chi connectivity index (χ0) is 12.8. The first-order valence-corrected chi connectivity index (χ1v) is 4.86. The lowest BCUT2D eigenvalue weighted by atomic mass is 10.1. The highest BCUT2D eigenvalue weighted by atomic mass is 19.4. The summed E-state index contributed by atoms with van der Waals surface area (Å²) in [5, 5.41) is -0.381. The van der Waals surface area contributed by atoms with Gasteiger partial charge in [0.05, 0.1) is 16.5 Å². The van der Waals surface area contributed by atoms with E-state index in [1.807, 2.05) is 0 Å². The summed E-state index contributed by atoms with van der Waals surface area (Å²) in [6, 6.07) is 3.54. The van der Waals surface area contributed by atoms with Gasteiger partial charge in [-0.1, -0.05) is 6.07 Å². The number of aromatic nitrogens is 2. The topological polar surface area (TPSA) is 34.9 Å². The molecule has 0 amide bonds. The molecule has 0 saturated heterocycles. The minimum absolute atomic E-state index is 0.0698. The van der Waals surface area contributed by atoms with Gasteiger partial charge in [0.15, 0.2) is 0 Å². The van der Waals surface area contributed by atoms with Crippen molar-refractivity contribution in [1.82, 2.24) is 9.55 Å². The summed E-state index contributed by atoms with van der Waals surface area (Å²) >= 11 is 0. The Bertz CT molecular complexity index is 643.